The van der Waals surface area contributed by atoms with E-state index in [-0.39, 0.29) is 11.8 Å². The average molecular weight is 340 g/mol. The number of likely N-dealkylation sites (tertiary alicyclic amines) is 1. The summed E-state index contributed by atoms with van der Waals surface area (Å²) in [7, 11) is 0. The summed E-state index contributed by atoms with van der Waals surface area (Å²) in [4.78, 5) is 37.5. The summed E-state index contributed by atoms with van der Waals surface area (Å²) in [6.45, 7) is 5.72. The standard InChI is InChI=1S/C17H28N2O5/c1-17(2,3)24-16(23)18-13(11-7-5-4-6-8-11)14(20)19-10-9-12(19)15(21)22/h11-13H,4-10H2,1-3H3,(H,18,23)(H,21,22)/t12-,13?/m0/s1. The highest BCUT2D eigenvalue weighted by atomic mass is 16.6. The minimum Gasteiger partial charge on any atom is -0.480 e. The number of aliphatic carboxylic acids is 1. The van der Waals surface area contributed by atoms with Gasteiger partial charge in [0.2, 0.25) is 5.91 Å². The lowest BCUT2D eigenvalue weighted by atomic mass is 9.82. The van der Waals surface area contributed by atoms with Crippen LogP contribution in [-0.2, 0) is 14.3 Å². The molecule has 0 aromatic carbocycles. The van der Waals surface area contributed by atoms with Gasteiger partial charge in [0.1, 0.15) is 17.7 Å². The van der Waals surface area contributed by atoms with Gasteiger partial charge < -0.3 is 20.1 Å². The number of carbonyl (C=O) groups excluding carboxylic acids is 2. The Balaban J connectivity index is 2.09. The molecule has 1 aliphatic carbocycles. The first-order valence-electron chi connectivity index (χ1n) is 8.72. The van der Waals surface area contributed by atoms with E-state index >= 15 is 0 Å². The quantitative estimate of drug-likeness (QED) is 0.817. The molecule has 24 heavy (non-hydrogen) atoms. The van der Waals surface area contributed by atoms with Gasteiger partial charge in [0, 0.05) is 6.54 Å². The van der Waals surface area contributed by atoms with E-state index in [0.29, 0.717) is 13.0 Å². The fraction of sp³-hybridized carbons (Fsp3) is 0.824. The molecule has 7 heteroatoms. The van der Waals surface area contributed by atoms with Gasteiger partial charge >= 0.3 is 12.1 Å². The molecular weight excluding hydrogens is 312 g/mol. The van der Waals surface area contributed by atoms with Gasteiger partial charge in [-0.1, -0.05) is 19.3 Å². The highest BCUT2D eigenvalue weighted by Gasteiger charge is 2.43. The summed E-state index contributed by atoms with van der Waals surface area (Å²) in [5, 5.41) is 11.9. The highest BCUT2D eigenvalue weighted by molar-refractivity contribution is 5.90. The number of nitrogens with one attached hydrogen (secondary N) is 1. The zero-order chi connectivity index (χ0) is 17.9. The second-order valence-corrected chi connectivity index (χ2v) is 7.70. The van der Waals surface area contributed by atoms with Crippen LogP contribution in [-0.4, -0.2) is 52.2 Å². The molecule has 1 heterocycles. The van der Waals surface area contributed by atoms with Crippen LogP contribution in [0.4, 0.5) is 4.79 Å². The van der Waals surface area contributed by atoms with Crippen LogP contribution in [0.25, 0.3) is 0 Å². The number of ether oxygens (including phenoxy) is 1. The lowest BCUT2D eigenvalue weighted by Gasteiger charge is -2.42. The molecular formula is C17H28N2O5. The summed E-state index contributed by atoms with van der Waals surface area (Å²) in [6.07, 6.45) is 4.73. The molecule has 0 bridgehead atoms. The maximum Gasteiger partial charge on any atom is 0.408 e. The van der Waals surface area contributed by atoms with Crippen molar-refractivity contribution in [2.24, 2.45) is 5.92 Å². The second-order valence-electron chi connectivity index (χ2n) is 7.70. The van der Waals surface area contributed by atoms with Gasteiger partial charge in [-0.25, -0.2) is 9.59 Å². The highest BCUT2D eigenvalue weighted by Crippen LogP contribution is 2.29. The van der Waals surface area contributed by atoms with E-state index in [1.54, 1.807) is 20.8 Å². The molecule has 1 saturated heterocycles. The van der Waals surface area contributed by atoms with Crippen LogP contribution in [0, 0.1) is 5.92 Å². The number of amides is 2. The predicted molar refractivity (Wildman–Crippen MR) is 87.5 cm³/mol. The van der Waals surface area contributed by atoms with Crippen LogP contribution in [0.3, 0.4) is 0 Å². The fourth-order valence-electron chi connectivity index (χ4n) is 3.37. The molecule has 1 saturated carbocycles. The van der Waals surface area contributed by atoms with E-state index in [9.17, 15) is 19.5 Å². The normalized spacial score (nSPS) is 23.1. The van der Waals surface area contributed by atoms with E-state index in [1.807, 2.05) is 0 Å². The van der Waals surface area contributed by atoms with Gasteiger partial charge in [-0.3, -0.25) is 4.79 Å². The molecule has 0 aromatic rings. The molecule has 2 fully saturated rings. The zero-order valence-corrected chi connectivity index (χ0v) is 14.7. The maximum absolute atomic E-state index is 12.8. The first kappa shape index (κ1) is 18.5. The van der Waals surface area contributed by atoms with Crippen LogP contribution in [0.15, 0.2) is 0 Å². The molecule has 2 atom stereocenters. The summed E-state index contributed by atoms with van der Waals surface area (Å²) in [6, 6.07) is -1.48. The van der Waals surface area contributed by atoms with Crippen molar-refractivity contribution < 1.29 is 24.2 Å². The average Bonchev–Trinajstić information content (AvgIpc) is 2.41. The van der Waals surface area contributed by atoms with Crippen LogP contribution < -0.4 is 5.32 Å². The molecule has 2 aliphatic rings. The number of carboxylic acids is 1. The summed E-state index contributed by atoms with van der Waals surface area (Å²) < 4.78 is 5.28. The van der Waals surface area contributed by atoms with Crippen LogP contribution in [0.5, 0.6) is 0 Å². The Bertz CT molecular complexity index is 494. The van der Waals surface area contributed by atoms with Gasteiger partial charge in [0.25, 0.3) is 0 Å². The van der Waals surface area contributed by atoms with Crippen LogP contribution >= 0.6 is 0 Å². The van der Waals surface area contributed by atoms with Gasteiger partial charge in [0.05, 0.1) is 0 Å². The summed E-state index contributed by atoms with van der Waals surface area (Å²) >= 11 is 0. The van der Waals surface area contributed by atoms with Crippen molar-refractivity contribution in [1.29, 1.82) is 0 Å². The van der Waals surface area contributed by atoms with Gasteiger partial charge in [-0.05, 0) is 46.0 Å². The number of alkyl carbamates (subject to hydrolysis) is 1. The molecule has 1 unspecified atom stereocenters. The lowest BCUT2D eigenvalue weighted by molar-refractivity contribution is -0.159. The topological polar surface area (TPSA) is 95.9 Å². The van der Waals surface area contributed by atoms with E-state index in [4.69, 9.17) is 4.74 Å². The fourth-order valence-corrected chi connectivity index (χ4v) is 3.37. The van der Waals surface area contributed by atoms with Crippen molar-refractivity contribution in [3.05, 3.63) is 0 Å². The van der Waals surface area contributed by atoms with Crippen LogP contribution in [0.1, 0.15) is 59.3 Å². The molecule has 2 N–H and O–H groups in total. The molecule has 1 aliphatic heterocycles. The molecule has 0 radical (unpaired) electrons. The van der Waals surface area contributed by atoms with Crippen molar-refractivity contribution in [3.63, 3.8) is 0 Å². The molecule has 2 amide bonds. The zero-order valence-electron chi connectivity index (χ0n) is 14.7. The largest absolute Gasteiger partial charge is 0.480 e. The summed E-state index contributed by atoms with van der Waals surface area (Å²) in [5.41, 5.74) is -0.648. The minimum atomic E-state index is -0.991. The van der Waals surface area contributed by atoms with E-state index in [1.165, 1.54) is 4.90 Å². The Morgan fingerprint density at radius 2 is 1.75 bits per heavy atom. The summed E-state index contributed by atoms with van der Waals surface area (Å²) in [5.74, 6) is -1.26. The number of carboxylic acid groups (broad SMARTS) is 1. The van der Waals surface area contributed by atoms with Crippen molar-refractivity contribution in [2.45, 2.75) is 77.0 Å². The number of nitrogens with zero attached hydrogens (tertiary/aromatic N) is 1. The van der Waals surface area contributed by atoms with Gasteiger partial charge in [0.15, 0.2) is 0 Å². The first-order chi connectivity index (χ1) is 11.2. The third kappa shape index (κ3) is 4.61. The third-order valence-corrected chi connectivity index (χ3v) is 4.65. The van der Waals surface area contributed by atoms with Gasteiger partial charge in [-0.15, -0.1) is 0 Å². The molecule has 0 spiro atoms. The number of hydrogen-bond donors (Lipinski definition) is 2. The smallest absolute Gasteiger partial charge is 0.408 e. The van der Waals surface area contributed by atoms with Crippen LogP contribution in [0.2, 0.25) is 0 Å². The predicted octanol–water partition coefficient (Wildman–Crippen LogP) is 2.15. The maximum atomic E-state index is 12.8. The molecule has 0 aromatic heterocycles. The number of hydrogen-bond acceptors (Lipinski definition) is 4. The Labute approximate surface area is 142 Å². The van der Waals surface area contributed by atoms with Gasteiger partial charge in [-0.2, -0.15) is 0 Å². The Morgan fingerprint density at radius 3 is 2.21 bits per heavy atom. The van der Waals surface area contributed by atoms with Crippen molar-refractivity contribution >= 4 is 18.0 Å². The molecule has 136 valence electrons. The molecule has 7 nitrogen and oxygen atoms in total. The van der Waals surface area contributed by atoms with E-state index in [2.05, 4.69) is 5.32 Å². The second kappa shape index (κ2) is 7.40. The first-order valence-corrected chi connectivity index (χ1v) is 8.72. The Hall–Kier alpha value is -1.79. The van der Waals surface area contributed by atoms with E-state index in [0.717, 1.165) is 32.1 Å². The van der Waals surface area contributed by atoms with Crippen molar-refractivity contribution in [2.75, 3.05) is 6.54 Å². The third-order valence-electron chi connectivity index (χ3n) is 4.65. The monoisotopic (exact) mass is 340 g/mol. The van der Waals surface area contributed by atoms with Crippen molar-refractivity contribution in [3.8, 4) is 0 Å². The number of rotatable bonds is 4. The lowest BCUT2D eigenvalue weighted by Crippen LogP contribution is -2.62. The van der Waals surface area contributed by atoms with Crippen molar-refractivity contribution in [1.82, 2.24) is 10.2 Å². The Morgan fingerprint density at radius 1 is 1.12 bits per heavy atom. The Kier molecular flexibility index (Phi) is 5.72. The number of carbonyl (C=O) groups is 3. The SMILES string of the molecule is CC(C)(C)OC(=O)NC(C(=O)N1CC[C@H]1C(=O)O)C1CCCCC1. The molecule has 2 rings (SSSR count). The van der Waals surface area contributed by atoms with E-state index < -0.39 is 29.7 Å². The minimum absolute atomic E-state index is 0.0359.